The van der Waals surface area contributed by atoms with Gasteiger partial charge in [0, 0.05) is 25.7 Å². The highest BCUT2D eigenvalue weighted by Gasteiger charge is 2.30. The molecule has 89 heavy (non-hydrogen) atoms. The largest absolute Gasteiger partial charge is 0.472 e. The van der Waals surface area contributed by atoms with E-state index in [9.17, 15) is 43.2 Å². The van der Waals surface area contributed by atoms with Crippen molar-refractivity contribution in [1.82, 2.24) is 0 Å². The molecule has 0 saturated heterocycles. The summed E-state index contributed by atoms with van der Waals surface area (Å²) in [6.45, 7) is 4.91. The van der Waals surface area contributed by atoms with Crippen LogP contribution in [0.5, 0.6) is 0 Å². The maximum atomic E-state index is 13.0. The van der Waals surface area contributed by atoms with Crippen molar-refractivity contribution < 1.29 is 80.2 Å². The molecule has 2 unspecified atom stereocenters. The third-order valence-corrected chi connectivity index (χ3v) is 18.3. The van der Waals surface area contributed by atoms with Crippen molar-refractivity contribution in [3.63, 3.8) is 0 Å². The first-order valence-electron chi connectivity index (χ1n) is 36.8. The fourth-order valence-electron chi connectivity index (χ4n) is 10.7. The molecule has 0 aliphatic heterocycles. The number of phosphoric ester groups is 2. The van der Waals surface area contributed by atoms with Crippen LogP contribution in [0.1, 0.15) is 368 Å². The van der Waals surface area contributed by atoms with Gasteiger partial charge < -0.3 is 33.8 Å². The Kier molecular flexibility index (Phi) is 63.3. The molecule has 0 bridgehead atoms. The monoisotopic (exact) mass is 1310 g/mol. The second-order valence-electron chi connectivity index (χ2n) is 25.3. The summed E-state index contributed by atoms with van der Waals surface area (Å²) in [5, 5.41) is 10.6. The van der Waals surface area contributed by atoms with Gasteiger partial charge >= 0.3 is 39.5 Å². The highest BCUT2D eigenvalue weighted by atomic mass is 31.2. The van der Waals surface area contributed by atoms with E-state index < -0.39 is 97.5 Å². The first kappa shape index (κ1) is 87.1. The molecule has 3 N–H and O–H groups in total. The maximum absolute atomic E-state index is 13.0. The van der Waals surface area contributed by atoms with Crippen LogP contribution in [0, 0.1) is 0 Å². The van der Waals surface area contributed by atoms with E-state index in [4.69, 9.17) is 37.0 Å². The Hall–Kier alpha value is -1.94. The molecular formula is C70H136O17P2. The molecule has 0 radical (unpaired) electrons. The number of ether oxygens (including phenoxy) is 4. The fraction of sp³-hybridized carbons (Fsp3) is 0.943. The molecule has 19 heteroatoms. The Bertz CT molecular complexity index is 1710. The Morgan fingerprint density at radius 1 is 0.270 bits per heavy atom. The molecule has 0 fully saturated rings. The molecule has 0 heterocycles. The summed E-state index contributed by atoms with van der Waals surface area (Å²) in [5.41, 5.74) is 0. The van der Waals surface area contributed by atoms with Crippen LogP contribution >= 0.6 is 15.6 Å². The topological polar surface area (TPSA) is 237 Å². The first-order valence-corrected chi connectivity index (χ1v) is 39.8. The van der Waals surface area contributed by atoms with Crippen LogP contribution in [0.25, 0.3) is 0 Å². The van der Waals surface area contributed by atoms with E-state index in [1.54, 1.807) is 0 Å². The Labute approximate surface area is 543 Å². The van der Waals surface area contributed by atoms with Gasteiger partial charge in [-0.2, -0.15) is 0 Å². The maximum Gasteiger partial charge on any atom is 0.472 e. The highest BCUT2D eigenvalue weighted by molar-refractivity contribution is 7.47. The van der Waals surface area contributed by atoms with E-state index in [1.807, 2.05) is 0 Å². The summed E-state index contributed by atoms with van der Waals surface area (Å²) in [6.07, 6.45) is 52.7. The number of aliphatic hydroxyl groups excluding tert-OH is 1. The van der Waals surface area contributed by atoms with Crippen LogP contribution in [-0.2, 0) is 65.4 Å². The number of aliphatic hydroxyl groups is 1. The number of hydrogen-bond donors (Lipinski definition) is 3. The van der Waals surface area contributed by atoms with Crippen molar-refractivity contribution in [1.29, 1.82) is 0 Å². The van der Waals surface area contributed by atoms with Gasteiger partial charge in [-0.25, -0.2) is 9.13 Å². The molecule has 528 valence electrons. The number of unbranched alkanes of at least 4 members (excludes halogenated alkanes) is 45. The van der Waals surface area contributed by atoms with Crippen molar-refractivity contribution in [2.75, 3.05) is 39.6 Å². The zero-order valence-corrected chi connectivity index (χ0v) is 59.2. The molecule has 5 atom stereocenters. The normalized spacial score (nSPS) is 14.0. The van der Waals surface area contributed by atoms with Gasteiger partial charge in [0.1, 0.15) is 19.3 Å². The van der Waals surface area contributed by atoms with Crippen molar-refractivity contribution in [3.05, 3.63) is 0 Å². The third-order valence-electron chi connectivity index (χ3n) is 16.4. The lowest BCUT2D eigenvalue weighted by molar-refractivity contribution is -0.161. The van der Waals surface area contributed by atoms with Gasteiger partial charge in [0.15, 0.2) is 12.2 Å². The predicted octanol–water partition coefficient (Wildman–Crippen LogP) is 20.3. The van der Waals surface area contributed by atoms with Gasteiger partial charge in [-0.1, -0.05) is 317 Å². The molecule has 0 aliphatic rings. The van der Waals surface area contributed by atoms with Crippen molar-refractivity contribution >= 4 is 39.5 Å². The van der Waals surface area contributed by atoms with Crippen LogP contribution in [0.2, 0.25) is 0 Å². The van der Waals surface area contributed by atoms with E-state index in [0.717, 1.165) is 103 Å². The zero-order chi connectivity index (χ0) is 65.4. The lowest BCUT2D eigenvalue weighted by Crippen LogP contribution is -2.30. The second-order valence-corrected chi connectivity index (χ2v) is 28.2. The van der Waals surface area contributed by atoms with Crippen LogP contribution in [0.3, 0.4) is 0 Å². The summed E-state index contributed by atoms with van der Waals surface area (Å²) >= 11 is 0. The standard InChI is InChI=1S/C70H136O17P2/c1-5-9-13-17-21-24-27-30-32-34-37-39-43-46-50-54-67(72)80-60-65(86-69(74)56-52-48-42-20-16-12-8-4)62-84-88(76,77)82-58-64(71)59-83-89(78,79)85-63-66(87-70(75)57-53-49-45-41-36-29-26-23-19-15-11-7-3)61-81-68(73)55-51-47-44-40-38-35-33-31-28-25-22-18-14-10-6-2/h64-66,71H,5-63H2,1-4H3,(H,76,77)(H,78,79)/t64-,65+,66+/m0/s1. The predicted molar refractivity (Wildman–Crippen MR) is 359 cm³/mol. The van der Waals surface area contributed by atoms with Crippen molar-refractivity contribution in [2.24, 2.45) is 0 Å². The van der Waals surface area contributed by atoms with E-state index >= 15 is 0 Å². The van der Waals surface area contributed by atoms with E-state index in [2.05, 4.69) is 27.7 Å². The first-order chi connectivity index (χ1) is 43.2. The van der Waals surface area contributed by atoms with Crippen molar-refractivity contribution in [2.45, 2.75) is 386 Å². The number of carbonyl (C=O) groups is 4. The Morgan fingerprint density at radius 2 is 0.449 bits per heavy atom. The summed E-state index contributed by atoms with van der Waals surface area (Å²) < 4.78 is 68.2. The quantitative estimate of drug-likeness (QED) is 0.0222. The minimum Gasteiger partial charge on any atom is -0.462 e. The van der Waals surface area contributed by atoms with Crippen molar-refractivity contribution in [3.8, 4) is 0 Å². The molecule has 0 aromatic carbocycles. The smallest absolute Gasteiger partial charge is 0.462 e. The minimum absolute atomic E-state index is 0.105. The second kappa shape index (κ2) is 64.8. The van der Waals surface area contributed by atoms with Gasteiger partial charge in [0.25, 0.3) is 0 Å². The van der Waals surface area contributed by atoms with Gasteiger partial charge in [-0.15, -0.1) is 0 Å². The molecule has 0 aromatic heterocycles. The van der Waals surface area contributed by atoms with Crippen LogP contribution in [0.4, 0.5) is 0 Å². The van der Waals surface area contributed by atoms with E-state index in [0.29, 0.717) is 25.7 Å². The van der Waals surface area contributed by atoms with Gasteiger partial charge in [-0.05, 0) is 25.7 Å². The SMILES string of the molecule is CCCCCCCCCCCCCCCCCC(=O)OC[C@H](COP(=O)(O)OC[C@H](O)COP(=O)(O)OC[C@@H](COC(=O)CCCCCCCCCCCCCCCCC)OC(=O)CCCCCCCCCCCCCC)OC(=O)CCCCCCCCC. The van der Waals surface area contributed by atoms with E-state index in [-0.39, 0.29) is 25.7 Å². The minimum atomic E-state index is -4.95. The average Bonchev–Trinajstić information content (AvgIpc) is 3.65. The lowest BCUT2D eigenvalue weighted by atomic mass is 10.0. The molecular weight excluding hydrogens is 1170 g/mol. The lowest BCUT2D eigenvalue weighted by Gasteiger charge is -2.21. The molecule has 0 spiro atoms. The molecule has 0 amide bonds. The molecule has 0 saturated carbocycles. The molecule has 17 nitrogen and oxygen atoms in total. The number of carbonyl (C=O) groups excluding carboxylic acids is 4. The summed E-state index contributed by atoms with van der Waals surface area (Å²) in [4.78, 5) is 72.4. The summed E-state index contributed by atoms with van der Waals surface area (Å²) in [5.74, 6) is -2.12. The Morgan fingerprint density at radius 3 is 0.663 bits per heavy atom. The summed E-state index contributed by atoms with van der Waals surface area (Å²) in [7, 11) is -9.89. The molecule has 0 aliphatic carbocycles. The summed E-state index contributed by atoms with van der Waals surface area (Å²) in [6, 6.07) is 0. The fourth-order valence-corrected chi connectivity index (χ4v) is 12.3. The molecule has 0 rings (SSSR count). The number of phosphoric acid groups is 2. The third kappa shape index (κ3) is 64.6. The van der Waals surface area contributed by atoms with Crippen LogP contribution in [0.15, 0.2) is 0 Å². The van der Waals surface area contributed by atoms with Crippen LogP contribution in [-0.4, -0.2) is 96.7 Å². The number of rotatable bonds is 71. The van der Waals surface area contributed by atoms with E-state index in [1.165, 1.54) is 186 Å². The van der Waals surface area contributed by atoms with Gasteiger partial charge in [0.2, 0.25) is 0 Å². The number of hydrogen-bond acceptors (Lipinski definition) is 15. The highest BCUT2D eigenvalue weighted by Crippen LogP contribution is 2.45. The zero-order valence-electron chi connectivity index (χ0n) is 57.4. The average molecular weight is 1310 g/mol. The Balaban J connectivity index is 5.15. The van der Waals surface area contributed by atoms with Crippen LogP contribution < -0.4 is 0 Å². The molecule has 0 aromatic rings. The number of esters is 4. The van der Waals surface area contributed by atoms with Gasteiger partial charge in [0.05, 0.1) is 26.4 Å². The van der Waals surface area contributed by atoms with Gasteiger partial charge in [-0.3, -0.25) is 37.3 Å².